The molecular formula is C17H26N2O5S. The Labute approximate surface area is 149 Å². The van der Waals surface area contributed by atoms with Gasteiger partial charge in [0, 0.05) is 20.0 Å². The molecule has 0 spiro atoms. The SMILES string of the molecule is CCOc1ccc(CC(=O)NC2COCC2CS(=O)(=O)N(C)C)cc1. The molecule has 0 bridgehead atoms. The Morgan fingerprint density at radius 2 is 1.96 bits per heavy atom. The van der Waals surface area contributed by atoms with Crippen LogP contribution in [0.5, 0.6) is 5.75 Å². The summed E-state index contributed by atoms with van der Waals surface area (Å²) in [5.74, 6) is 0.349. The van der Waals surface area contributed by atoms with Gasteiger partial charge in [0.1, 0.15) is 5.75 Å². The number of benzene rings is 1. The average molecular weight is 370 g/mol. The Morgan fingerprint density at radius 1 is 1.28 bits per heavy atom. The summed E-state index contributed by atoms with van der Waals surface area (Å²) in [4.78, 5) is 12.3. The van der Waals surface area contributed by atoms with E-state index in [9.17, 15) is 13.2 Å². The summed E-state index contributed by atoms with van der Waals surface area (Å²) in [5, 5.41) is 2.90. The summed E-state index contributed by atoms with van der Waals surface area (Å²) in [5.41, 5.74) is 0.873. The molecule has 1 fully saturated rings. The minimum atomic E-state index is -3.33. The Bertz CT molecular complexity index is 673. The van der Waals surface area contributed by atoms with Gasteiger partial charge in [0.25, 0.3) is 0 Å². The Hall–Kier alpha value is -1.64. The highest BCUT2D eigenvalue weighted by Gasteiger charge is 2.34. The number of rotatable bonds is 8. The van der Waals surface area contributed by atoms with E-state index in [1.165, 1.54) is 18.4 Å². The van der Waals surface area contributed by atoms with Crippen LogP contribution in [-0.2, 0) is 26.0 Å². The molecule has 1 aromatic rings. The highest BCUT2D eigenvalue weighted by atomic mass is 32.2. The lowest BCUT2D eigenvalue weighted by Crippen LogP contribution is -2.44. The minimum absolute atomic E-state index is 0.0337. The average Bonchev–Trinajstić information content (AvgIpc) is 2.95. The summed E-state index contributed by atoms with van der Waals surface area (Å²) >= 11 is 0. The third kappa shape index (κ3) is 5.69. The van der Waals surface area contributed by atoms with E-state index in [2.05, 4.69) is 5.32 Å². The van der Waals surface area contributed by atoms with Crippen molar-refractivity contribution in [3.8, 4) is 5.75 Å². The van der Waals surface area contributed by atoms with Crippen LogP contribution in [0.2, 0.25) is 0 Å². The van der Waals surface area contributed by atoms with Gasteiger partial charge in [-0.25, -0.2) is 12.7 Å². The van der Waals surface area contributed by atoms with Crippen LogP contribution in [0.3, 0.4) is 0 Å². The molecule has 1 aromatic carbocycles. The Morgan fingerprint density at radius 3 is 2.56 bits per heavy atom. The molecule has 0 aromatic heterocycles. The predicted molar refractivity (Wildman–Crippen MR) is 95.0 cm³/mol. The number of hydrogen-bond acceptors (Lipinski definition) is 5. The van der Waals surface area contributed by atoms with Crippen molar-refractivity contribution in [3.63, 3.8) is 0 Å². The second-order valence-electron chi connectivity index (χ2n) is 6.29. The van der Waals surface area contributed by atoms with Gasteiger partial charge in [-0.1, -0.05) is 12.1 Å². The van der Waals surface area contributed by atoms with Gasteiger partial charge in [0.05, 0.1) is 38.0 Å². The summed E-state index contributed by atoms with van der Waals surface area (Å²) in [6.45, 7) is 3.18. The van der Waals surface area contributed by atoms with Crippen LogP contribution < -0.4 is 10.1 Å². The van der Waals surface area contributed by atoms with Gasteiger partial charge in [0.15, 0.2) is 0 Å². The molecule has 2 rings (SSSR count). The zero-order valence-corrected chi connectivity index (χ0v) is 15.7. The van der Waals surface area contributed by atoms with E-state index >= 15 is 0 Å². The molecule has 1 aliphatic heterocycles. The van der Waals surface area contributed by atoms with Crippen LogP contribution in [0.1, 0.15) is 12.5 Å². The Kier molecular flexibility index (Phi) is 6.80. The number of ether oxygens (including phenoxy) is 2. The zero-order valence-electron chi connectivity index (χ0n) is 14.9. The first kappa shape index (κ1) is 19.7. The van der Waals surface area contributed by atoms with Gasteiger partial charge in [-0.3, -0.25) is 4.79 Å². The number of sulfonamides is 1. The van der Waals surface area contributed by atoms with Crippen molar-refractivity contribution < 1.29 is 22.7 Å². The van der Waals surface area contributed by atoms with E-state index in [1.54, 1.807) is 0 Å². The number of nitrogens with one attached hydrogen (secondary N) is 1. The van der Waals surface area contributed by atoms with Crippen molar-refractivity contribution in [3.05, 3.63) is 29.8 Å². The second-order valence-corrected chi connectivity index (χ2v) is 8.51. The molecule has 0 radical (unpaired) electrons. The maximum Gasteiger partial charge on any atom is 0.224 e. The maximum absolute atomic E-state index is 12.3. The van der Waals surface area contributed by atoms with Crippen LogP contribution in [-0.4, -0.2) is 64.3 Å². The zero-order chi connectivity index (χ0) is 18.4. The van der Waals surface area contributed by atoms with Crippen LogP contribution in [0.15, 0.2) is 24.3 Å². The minimum Gasteiger partial charge on any atom is -0.494 e. The van der Waals surface area contributed by atoms with E-state index in [-0.39, 0.29) is 30.0 Å². The lowest BCUT2D eigenvalue weighted by Gasteiger charge is -2.21. The lowest BCUT2D eigenvalue weighted by molar-refractivity contribution is -0.121. The molecule has 2 atom stereocenters. The van der Waals surface area contributed by atoms with Crippen LogP contribution in [0, 0.1) is 5.92 Å². The molecule has 7 nitrogen and oxygen atoms in total. The molecule has 0 saturated carbocycles. The molecule has 1 saturated heterocycles. The van der Waals surface area contributed by atoms with Crippen molar-refractivity contribution in [2.24, 2.45) is 5.92 Å². The standard InChI is InChI=1S/C17H26N2O5S/c1-4-24-15-7-5-13(6-8-15)9-17(20)18-16-11-23-10-14(16)12-25(21,22)19(2)3/h5-8,14,16H,4,9-12H2,1-3H3,(H,18,20). The quantitative estimate of drug-likeness (QED) is 0.726. The molecule has 1 aliphatic rings. The fraction of sp³-hybridized carbons (Fsp3) is 0.588. The molecule has 8 heteroatoms. The number of hydrogen-bond donors (Lipinski definition) is 1. The number of carbonyl (C=O) groups is 1. The topological polar surface area (TPSA) is 84.9 Å². The highest BCUT2D eigenvalue weighted by molar-refractivity contribution is 7.89. The number of nitrogens with zero attached hydrogens (tertiary/aromatic N) is 1. The lowest BCUT2D eigenvalue weighted by atomic mass is 10.1. The van der Waals surface area contributed by atoms with Gasteiger partial charge in [-0.05, 0) is 24.6 Å². The summed E-state index contributed by atoms with van der Waals surface area (Å²) in [6.07, 6.45) is 0.232. The number of carbonyl (C=O) groups excluding carboxylic acids is 1. The maximum atomic E-state index is 12.3. The second kappa shape index (κ2) is 8.64. The fourth-order valence-electron chi connectivity index (χ4n) is 2.66. The van der Waals surface area contributed by atoms with E-state index in [4.69, 9.17) is 9.47 Å². The van der Waals surface area contributed by atoms with Gasteiger partial charge in [0.2, 0.25) is 15.9 Å². The molecule has 2 unspecified atom stereocenters. The monoisotopic (exact) mass is 370 g/mol. The highest BCUT2D eigenvalue weighted by Crippen LogP contribution is 2.18. The van der Waals surface area contributed by atoms with Gasteiger partial charge < -0.3 is 14.8 Å². The molecule has 1 N–H and O–H groups in total. The molecule has 0 aliphatic carbocycles. The molecular weight excluding hydrogens is 344 g/mol. The Balaban J connectivity index is 1.90. The smallest absolute Gasteiger partial charge is 0.224 e. The van der Waals surface area contributed by atoms with Crippen molar-refractivity contribution >= 4 is 15.9 Å². The van der Waals surface area contributed by atoms with Gasteiger partial charge in [-0.2, -0.15) is 0 Å². The first-order chi connectivity index (χ1) is 11.8. The van der Waals surface area contributed by atoms with Crippen molar-refractivity contribution in [2.45, 2.75) is 19.4 Å². The molecule has 25 heavy (non-hydrogen) atoms. The van der Waals surface area contributed by atoms with Crippen molar-refractivity contribution in [2.75, 3.05) is 39.7 Å². The predicted octanol–water partition coefficient (Wildman–Crippen LogP) is 0.650. The third-order valence-corrected chi connectivity index (χ3v) is 6.09. The van der Waals surface area contributed by atoms with Gasteiger partial charge >= 0.3 is 0 Å². The molecule has 1 amide bonds. The third-order valence-electron chi connectivity index (χ3n) is 4.12. The van der Waals surface area contributed by atoms with Crippen molar-refractivity contribution in [1.29, 1.82) is 0 Å². The largest absolute Gasteiger partial charge is 0.494 e. The van der Waals surface area contributed by atoms with Crippen LogP contribution >= 0.6 is 0 Å². The van der Waals surface area contributed by atoms with E-state index in [0.717, 1.165) is 11.3 Å². The summed E-state index contributed by atoms with van der Waals surface area (Å²) in [6, 6.07) is 7.08. The first-order valence-electron chi connectivity index (χ1n) is 8.31. The molecule has 1 heterocycles. The van der Waals surface area contributed by atoms with Gasteiger partial charge in [-0.15, -0.1) is 0 Å². The van der Waals surface area contributed by atoms with E-state index < -0.39 is 10.0 Å². The fourth-order valence-corrected chi connectivity index (χ4v) is 3.82. The van der Waals surface area contributed by atoms with Crippen LogP contribution in [0.4, 0.5) is 0 Å². The summed E-state index contributed by atoms with van der Waals surface area (Å²) in [7, 11) is -0.322. The van der Waals surface area contributed by atoms with Crippen molar-refractivity contribution in [1.82, 2.24) is 9.62 Å². The first-order valence-corrected chi connectivity index (χ1v) is 9.91. The van der Waals surface area contributed by atoms with E-state index in [1.807, 2.05) is 31.2 Å². The molecule has 140 valence electrons. The summed E-state index contributed by atoms with van der Waals surface area (Å²) < 4.78 is 36.0. The van der Waals surface area contributed by atoms with Crippen LogP contribution in [0.25, 0.3) is 0 Å². The van der Waals surface area contributed by atoms with E-state index in [0.29, 0.717) is 19.8 Å². The number of amides is 1. The normalized spacial score (nSPS) is 20.6.